The van der Waals surface area contributed by atoms with Crippen LogP contribution in [0.4, 0.5) is 5.69 Å². The summed E-state index contributed by atoms with van der Waals surface area (Å²) in [6, 6.07) is 60.7. The second kappa shape index (κ2) is 13.8. The zero-order chi connectivity index (χ0) is 36.7. The SMILES string of the molecule is N=C(c1cc(C2=CC=CCC2)cc(-c2ccccc2)c1)c1ccccc1NCc1cccc(-n2c3ccc4ccccc4c3c3c4ccccc4ccc32)c1. The molecule has 8 aromatic carbocycles. The lowest BCUT2D eigenvalue weighted by atomic mass is 9.90. The first kappa shape index (κ1) is 32.7. The molecule has 0 spiro atoms. The molecule has 0 atom stereocenters. The number of hydrogen-bond donors (Lipinski definition) is 2. The number of nitrogens with one attached hydrogen (secondary N) is 2. The summed E-state index contributed by atoms with van der Waals surface area (Å²) in [6.07, 6.45) is 8.62. The lowest BCUT2D eigenvalue weighted by Crippen LogP contribution is -2.09. The molecule has 9 aromatic rings. The van der Waals surface area contributed by atoms with E-state index in [9.17, 15) is 5.41 Å². The molecule has 3 heteroatoms. The molecule has 3 nitrogen and oxygen atoms in total. The zero-order valence-electron chi connectivity index (χ0n) is 30.5. The van der Waals surface area contributed by atoms with E-state index in [1.165, 1.54) is 60.1 Å². The first-order valence-corrected chi connectivity index (χ1v) is 19.1. The van der Waals surface area contributed by atoms with Crippen molar-refractivity contribution in [2.75, 3.05) is 5.32 Å². The molecule has 0 amide bonds. The first-order valence-electron chi connectivity index (χ1n) is 19.1. The third kappa shape index (κ3) is 5.91. The average Bonchev–Trinajstić information content (AvgIpc) is 3.61. The predicted molar refractivity (Wildman–Crippen MR) is 234 cm³/mol. The van der Waals surface area contributed by atoms with E-state index >= 15 is 0 Å². The molecule has 0 unspecified atom stereocenters. The Labute approximate surface area is 321 Å². The van der Waals surface area contributed by atoms with Gasteiger partial charge in [-0.15, -0.1) is 0 Å². The van der Waals surface area contributed by atoms with Gasteiger partial charge in [-0.25, -0.2) is 0 Å². The number of para-hydroxylation sites is 1. The Balaban J connectivity index is 1.01. The van der Waals surface area contributed by atoms with Crippen molar-refractivity contribution in [2.24, 2.45) is 0 Å². The van der Waals surface area contributed by atoms with Crippen molar-refractivity contribution in [2.45, 2.75) is 19.4 Å². The van der Waals surface area contributed by atoms with Crippen LogP contribution in [0.3, 0.4) is 0 Å². The van der Waals surface area contributed by atoms with E-state index in [2.05, 4.69) is 186 Å². The Morgan fingerprint density at radius 2 is 1.25 bits per heavy atom. The molecule has 0 radical (unpaired) electrons. The van der Waals surface area contributed by atoms with Crippen LogP contribution in [-0.4, -0.2) is 10.3 Å². The molecule has 0 fully saturated rings. The molecule has 1 heterocycles. The molecule has 0 aliphatic heterocycles. The molecular weight excluding hydrogens is 667 g/mol. The molecule has 0 saturated carbocycles. The van der Waals surface area contributed by atoms with Crippen molar-refractivity contribution in [1.29, 1.82) is 5.41 Å². The van der Waals surface area contributed by atoms with Crippen LogP contribution in [0.15, 0.2) is 188 Å². The highest BCUT2D eigenvalue weighted by atomic mass is 15.0. The van der Waals surface area contributed by atoms with Crippen molar-refractivity contribution < 1.29 is 0 Å². The maximum atomic E-state index is 9.58. The van der Waals surface area contributed by atoms with E-state index in [0.717, 1.165) is 46.5 Å². The van der Waals surface area contributed by atoms with Crippen LogP contribution in [-0.2, 0) is 6.54 Å². The lowest BCUT2D eigenvalue weighted by molar-refractivity contribution is 1.05. The minimum absolute atomic E-state index is 0.507. The fraction of sp³-hybridized carbons (Fsp3) is 0.0577. The molecule has 55 heavy (non-hydrogen) atoms. The number of aromatic nitrogens is 1. The molecular formula is C52H39N3. The minimum Gasteiger partial charge on any atom is -0.380 e. The summed E-state index contributed by atoms with van der Waals surface area (Å²) >= 11 is 0. The van der Waals surface area contributed by atoms with E-state index < -0.39 is 0 Å². The smallest absolute Gasteiger partial charge is 0.0705 e. The zero-order valence-corrected chi connectivity index (χ0v) is 30.5. The monoisotopic (exact) mass is 705 g/mol. The largest absolute Gasteiger partial charge is 0.380 e. The van der Waals surface area contributed by atoms with Crippen LogP contribution >= 0.6 is 0 Å². The Hall–Kier alpha value is -6.97. The van der Waals surface area contributed by atoms with Crippen LogP contribution < -0.4 is 5.32 Å². The van der Waals surface area contributed by atoms with E-state index in [4.69, 9.17) is 0 Å². The van der Waals surface area contributed by atoms with Crippen molar-refractivity contribution in [3.05, 3.63) is 210 Å². The minimum atomic E-state index is 0.507. The van der Waals surface area contributed by atoms with E-state index in [-0.39, 0.29) is 0 Å². The van der Waals surface area contributed by atoms with Crippen LogP contribution in [0.2, 0.25) is 0 Å². The molecule has 0 bridgehead atoms. The quantitative estimate of drug-likeness (QED) is 0.152. The third-order valence-electron chi connectivity index (χ3n) is 11.1. The molecule has 10 rings (SSSR count). The Morgan fingerprint density at radius 3 is 1.98 bits per heavy atom. The van der Waals surface area contributed by atoms with Gasteiger partial charge in [-0.1, -0.05) is 140 Å². The second-order valence-corrected chi connectivity index (χ2v) is 14.5. The van der Waals surface area contributed by atoms with Crippen molar-refractivity contribution in [3.8, 4) is 16.8 Å². The number of benzene rings is 8. The summed E-state index contributed by atoms with van der Waals surface area (Å²) in [6.45, 7) is 0.621. The molecule has 0 saturated heterocycles. The molecule has 1 aromatic heterocycles. The van der Waals surface area contributed by atoms with Crippen LogP contribution in [0.5, 0.6) is 0 Å². The van der Waals surface area contributed by atoms with E-state index in [1.54, 1.807) is 0 Å². The summed E-state index contributed by atoms with van der Waals surface area (Å²) in [5.41, 5.74) is 12.7. The van der Waals surface area contributed by atoms with Gasteiger partial charge < -0.3 is 9.88 Å². The highest BCUT2D eigenvalue weighted by molar-refractivity contribution is 6.28. The van der Waals surface area contributed by atoms with Gasteiger partial charge >= 0.3 is 0 Å². The number of nitrogens with zero attached hydrogens (tertiary/aromatic N) is 1. The first-order chi connectivity index (χ1) is 27.2. The van der Waals surface area contributed by atoms with Crippen molar-refractivity contribution >= 4 is 60.3 Å². The maximum Gasteiger partial charge on any atom is 0.0705 e. The van der Waals surface area contributed by atoms with E-state index in [1.807, 2.05) is 12.1 Å². The van der Waals surface area contributed by atoms with Crippen LogP contribution in [0, 0.1) is 5.41 Å². The van der Waals surface area contributed by atoms with Gasteiger partial charge in [0.2, 0.25) is 0 Å². The number of hydrogen-bond acceptors (Lipinski definition) is 2. The number of allylic oxidation sites excluding steroid dienone is 4. The van der Waals surface area contributed by atoms with Gasteiger partial charge in [0.05, 0.1) is 16.7 Å². The van der Waals surface area contributed by atoms with Gasteiger partial charge in [0.15, 0.2) is 0 Å². The fourth-order valence-corrected chi connectivity index (χ4v) is 8.44. The number of rotatable bonds is 8. The topological polar surface area (TPSA) is 40.8 Å². The molecule has 262 valence electrons. The summed E-state index contributed by atoms with van der Waals surface area (Å²) in [7, 11) is 0. The van der Waals surface area contributed by atoms with Gasteiger partial charge in [0.1, 0.15) is 0 Å². The Morgan fingerprint density at radius 1 is 0.582 bits per heavy atom. The highest BCUT2D eigenvalue weighted by Gasteiger charge is 2.18. The van der Waals surface area contributed by atoms with Gasteiger partial charge in [0, 0.05) is 39.8 Å². The van der Waals surface area contributed by atoms with Crippen molar-refractivity contribution in [3.63, 3.8) is 0 Å². The summed E-state index contributed by atoms with van der Waals surface area (Å²) in [4.78, 5) is 0. The number of anilines is 1. The highest BCUT2D eigenvalue weighted by Crippen LogP contribution is 2.40. The van der Waals surface area contributed by atoms with E-state index in [0.29, 0.717) is 12.3 Å². The summed E-state index contributed by atoms with van der Waals surface area (Å²) in [5.74, 6) is 0. The predicted octanol–water partition coefficient (Wildman–Crippen LogP) is 13.5. The van der Waals surface area contributed by atoms with Gasteiger partial charge in [-0.3, -0.25) is 5.41 Å². The third-order valence-corrected chi connectivity index (χ3v) is 11.1. The fourth-order valence-electron chi connectivity index (χ4n) is 8.44. The second-order valence-electron chi connectivity index (χ2n) is 14.5. The lowest BCUT2D eigenvalue weighted by Gasteiger charge is -2.17. The summed E-state index contributed by atoms with van der Waals surface area (Å²) < 4.78 is 2.42. The summed E-state index contributed by atoms with van der Waals surface area (Å²) in [5, 5.41) is 20.9. The Kier molecular flexibility index (Phi) is 8.18. The van der Waals surface area contributed by atoms with Crippen LogP contribution in [0.1, 0.15) is 35.1 Å². The van der Waals surface area contributed by atoms with Crippen molar-refractivity contribution in [1.82, 2.24) is 4.57 Å². The number of fused-ring (bicyclic) bond motifs is 7. The average molecular weight is 706 g/mol. The normalized spacial score (nSPS) is 12.8. The van der Waals surface area contributed by atoms with Gasteiger partial charge in [-0.2, -0.15) is 0 Å². The standard InChI is InChI=1S/C52H39N3/c53-52(42-32-40(36-15-3-1-4-16-36)31-41(33-42)37-17-5-2-6-18-37)46-24-11-12-25-47(46)54-34-35-14-13-21-43(30-35)55-48-28-26-38-19-7-9-22-44(38)50(48)51-45-23-10-8-20-39(45)27-29-49(51)55/h1-5,7-17,19-33,53-54H,6,18,34H2. The maximum absolute atomic E-state index is 9.58. The molecule has 1 aliphatic carbocycles. The van der Waals surface area contributed by atoms with Crippen LogP contribution in [0.25, 0.3) is 65.7 Å². The van der Waals surface area contributed by atoms with Gasteiger partial charge in [-0.05, 0) is 111 Å². The Bertz CT molecular complexity index is 2910. The molecule has 2 N–H and O–H groups in total. The molecule has 1 aliphatic rings. The van der Waals surface area contributed by atoms with Gasteiger partial charge in [0.25, 0.3) is 0 Å².